The molecule has 3 rings (SSSR count). The summed E-state index contributed by atoms with van der Waals surface area (Å²) in [6.45, 7) is 3.40. The van der Waals surface area contributed by atoms with Crippen molar-refractivity contribution in [3.63, 3.8) is 0 Å². The molecular weight excluding hydrogens is 338 g/mol. The third kappa shape index (κ3) is 3.28. The summed E-state index contributed by atoms with van der Waals surface area (Å²) in [4.78, 5) is 14.2. The zero-order valence-corrected chi connectivity index (χ0v) is 14.4. The SMILES string of the molecule is CC1(CN)CCN(S(=O)(=O)c2ccc3[nH]c(=O)ccc3c2)C1.Cl. The molecule has 3 N–H and O–H groups in total. The zero-order chi connectivity index (χ0) is 16.0. The smallest absolute Gasteiger partial charge is 0.248 e. The number of aromatic amines is 1. The Balaban J connectivity index is 0.00000192. The van der Waals surface area contributed by atoms with E-state index < -0.39 is 10.0 Å². The average molecular weight is 358 g/mol. The van der Waals surface area contributed by atoms with E-state index in [1.807, 2.05) is 6.92 Å². The molecule has 1 unspecified atom stereocenters. The third-order valence-electron chi connectivity index (χ3n) is 4.35. The first-order valence-electron chi connectivity index (χ1n) is 7.17. The van der Waals surface area contributed by atoms with Crippen LogP contribution in [-0.4, -0.2) is 37.3 Å². The monoisotopic (exact) mass is 357 g/mol. The molecule has 1 atom stereocenters. The Hall–Kier alpha value is -1.41. The van der Waals surface area contributed by atoms with Gasteiger partial charge in [0.1, 0.15) is 0 Å². The minimum absolute atomic E-state index is 0. The number of hydrogen-bond donors (Lipinski definition) is 2. The standard InChI is InChI=1S/C15H19N3O3S.ClH/c1-15(9-16)6-7-18(10-15)22(20,21)12-3-4-13-11(8-12)2-5-14(19)17-13;/h2-5,8H,6-7,9-10,16H2,1H3,(H,17,19);1H. The second kappa shape index (κ2) is 6.24. The first-order valence-corrected chi connectivity index (χ1v) is 8.61. The Bertz CT molecular complexity index is 881. The van der Waals surface area contributed by atoms with Gasteiger partial charge in [-0.15, -0.1) is 12.4 Å². The van der Waals surface area contributed by atoms with Crippen molar-refractivity contribution in [3.05, 3.63) is 40.7 Å². The van der Waals surface area contributed by atoms with Crippen LogP contribution in [0.2, 0.25) is 0 Å². The lowest BCUT2D eigenvalue weighted by Gasteiger charge is -2.22. The molecule has 23 heavy (non-hydrogen) atoms. The highest BCUT2D eigenvalue weighted by molar-refractivity contribution is 7.89. The van der Waals surface area contributed by atoms with Gasteiger partial charge in [-0.25, -0.2) is 8.42 Å². The largest absolute Gasteiger partial charge is 0.330 e. The molecule has 2 heterocycles. The van der Waals surface area contributed by atoms with E-state index in [9.17, 15) is 13.2 Å². The number of hydrogen-bond acceptors (Lipinski definition) is 4. The molecule has 1 fully saturated rings. The summed E-state index contributed by atoms with van der Waals surface area (Å²) in [6, 6.07) is 7.77. The molecule has 1 aromatic heterocycles. The number of nitrogens with zero attached hydrogens (tertiary/aromatic N) is 1. The van der Waals surface area contributed by atoms with Crippen LogP contribution in [-0.2, 0) is 10.0 Å². The lowest BCUT2D eigenvalue weighted by Crippen LogP contribution is -2.34. The predicted molar refractivity (Wildman–Crippen MR) is 92.4 cm³/mol. The average Bonchev–Trinajstić information content (AvgIpc) is 2.90. The van der Waals surface area contributed by atoms with Gasteiger partial charge in [0.15, 0.2) is 0 Å². The zero-order valence-electron chi connectivity index (χ0n) is 12.8. The van der Waals surface area contributed by atoms with Gasteiger partial charge in [-0.3, -0.25) is 4.79 Å². The number of pyridine rings is 1. The van der Waals surface area contributed by atoms with Crippen LogP contribution in [0.3, 0.4) is 0 Å². The van der Waals surface area contributed by atoms with Crippen molar-refractivity contribution in [2.45, 2.75) is 18.2 Å². The molecule has 0 saturated carbocycles. The maximum atomic E-state index is 12.8. The van der Waals surface area contributed by atoms with Crippen molar-refractivity contribution in [3.8, 4) is 0 Å². The van der Waals surface area contributed by atoms with Crippen LogP contribution in [0.4, 0.5) is 0 Å². The Labute approximate surface area is 141 Å². The van der Waals surface area contributed by atoms with E-state index in [0.717, 1.165) is 6.42 Å². The van der Waals surface area contributed by atoms with E-state index >= 15 is 0 Å². The van der Waals surface area contributed by atoms with E-state index in [-0.39, 0.29) is 28.3 Å². The van der Waals surface area contributed by atoms with E-state index in [1.165, 1.54) is 16.4 Å². The topological polar surface area (TPSA) is 96.3 Å². The van der Waals surface area contributed by atoms with Crippen molar-refractivity contribution in [1.82, 2.24) is 9.29 Å². The van der Waals surface area contributed by atoms with Gasteiger partial charge in [-0.1, -0.05) is 6.92 Å². The molecule has 0 radical (unpaired) electrons. The summed E-state index contributed by atoms with van der Waals surface area (Å²) in [5, 5.41) is 0.696. The van der Waals surface area contributed by atoms with Crippen molar-refractivity contribution in [2.24, 2.45) is 11.1 Å². The Morgan fingerprint density at radius 2 is 2.04 bits per heavy atom. The maximum absolute atomic E-state index is 12.8. The third-order valence-corrected chi connectivity index (χ3v) is 6.19. The van der Waals surface area contributed by atoms with E-state index in [2.05, 4.69) is 4.98 Å². The van der Waals surface area contributed by atoms with Crippen molar-refractivity contribution in [1.29, 1.82) is 0 Å². The highest BCUT2D eigenvalue weighted by Gasteiger charge is 2.38. The van der Waals surface area contributed by atoms with Gasteiger partial charge in [-0.05, 0) is 48.0 Å². The molecule has 6 nitrogen and oxygen atoms in total. The fourth-order valence-electron chi connectivity index (χ4n) is 2.79. The minimum Gasteiger partial charge on any atom is -0.330 e. The Kier molecular flexibility index (Phi) is 4.86. The first-order chi connectivity index (χ1) is 10.3. The number of halogens is 1. The fourth-order valence-corrected chi connectivity index (χ4v) is 4.42. The van der Waals surface area contributed by atoms with Crippen LogP contribution in [0.25, 0.3) is 10.9 Å². The second-order valence-electron chi connectivity index (χ2n) is 6.18. The van der Waals surface area contributed by atoms with Crippen LogP contribution < -0.4 is 11.3 Å². The second-order valence-corrected chi connectivity index (χ2v) is 8.11. The molecular formula is C15H20ClN3O3S. The highest BCUT2D eigenvalue weighted by Crippen LogP contribution is 2.32. The van der Waals surface area contributed by atoms with Crippen molar-refractivity contribution < 1.29 is 8.42 Å². The van der Waals surface area contributed by atoms with Crippen LogP contribution in [0.15, 0.2) is 40.0 Å². The number of aromatic nitrogens is 1. The number of H-pyrrole nitrogens is 1. The molecule has 126 valence electrons. The van der Waals surface area contributed by atoms with Crippen LogP contribution in [0.5, 0.6) is 0 Å². The van der Waals surface area contributed by atoms with Crippen molar-refractivity contribution in [2.75, 3.05) is 19.6 Å². The summed E-state index contributed by atoms with van der Waals surface area (Å²) in [5.74, 6) is 0. The van der Waals surface area contributed by atoms with Gasteiger partial charge < -0.3 is 10.7 Å². The maximum Gasteiger partial charge on any atom is 0.248 e. The fraction of sp³-hybridized carbons (Fsp3) is 0.400. The van der Waals surface area contributed by atoms with Crippen LogP contribution in [0.1, 0.15) is 13.3 Å². The molecule has 0 spiro atoms. The minimum atomic E-state index is -3.54. The van der Waals surface area contributed by atoms with Crippen LogP contribution in [0, 0.1) is 5.41 Å². The Morgan fingerprint density at radius 1 is 1.30 bits per heavy atom. The number of nitrogens with two attached hydrogens (primary N) is 1. The first kappa shape index (κ1) is 17.9. The summed E-state index contributed by atoms with van der Waals surface area (Å²) in [7, 11) is -3.54. The number of nitrogens with one attached hydrogen (secondary N) is 1. The number of fused-ring (bicyclic) bond motifs is 1. The number of benzene rings is 1. The lowest BCUT2D eigenvalue weighted by atomic mass is 9.90. The van der Waals surface area contributed by atoms with Gasteiger partial charge in [-0.2, -0.15) is 4.31 Å². The quantitative estimate of drug-likeness (QED) is 0.865. The van der Waals surface area contributed by atoms with E-state index in [4.69, 9.17) is 5.73 Å². The normalized spacial score (nSPS) is 22.2. The molecule has 1 aliphatic heterocycles. The van der Waals surface area contributed by atoms with Gasteiger partial charge in [0.2, 0.25) is 15.6 Å². The Morgan fingerprint density at radius 3 is 2.70 bits per heavy atom. The molecule has 0 aliphatic carbocycles. The molecule has 1 aliphatic rings. The van der Waals surface area contributed by atoms with Crippen molar-refractivity contribution >= 4 is 33.3 Å². The van der Waals surface area contributed by atoms with Gasteiger partial charge in [0.25, 0.3) is 0 Å². The summed E-state index contributed by atoms with van der Waals surface area (Å²) in [5.41, 5.74) is 6.01. The number of rotatable bonds is 3. The summed E-state index contributed by atoms with van der Waals surface area (Å²) >= 11 is 0. The molecule has 1 saturated heterocycles. The molecule has 0 amide bonds. The molecule has 0 bridgehead atoms. The van der Waals surface area contributed by atoms with Gasteiger partial charge in [0, 0.05) is 24.7 Å². The van der Waals surface area contributed by atoms with E-state index in [0.29, 0.717) is 30.5 Å². The summed E-state index contributed by atoms with van der Waals surface area (Å²) < 4.78 is 27.0. The molecule has 8 heteroatoms. The predicted octanol–water partition coefficient (Wildman–Crippen LogP) is 1.31. The molecule has 2 aromatic rings. The summed E-state index contributed by atoms with van der Waals surface area (Å²) in [6.07, 6.45) is 0.767. The van der Waals surface area contributed by atoms with Gasteiger partial charge >= 0.3 is 0 Å². The van der Waals surface area contributed by atoms with E-state index in [1.54, 1.807) is 18.2 Å². The van der Waals surface area contributed by atoms with Crippen LogP contribution >= 0.6 is 12.4 Å². The lowest BCUT2D eigenvalue weighted by molar-refractivity contribution is 0.349. The highest BCUT2D eigenvalue weighted by atomic mass is 35.5. The number of sulfonamides is 1. The van der Waals surface area contributed by atoms with Gasteiger partial charge in [0.05, 0.1) is 4.90 Å². The molecule has 1 aromatic carbocycles.